The maximum atomic E-state index is 16.7. The van der Waals surface area contributed by atoms with Gasteiger partial charge < -0.3 is 5.73 Å². The summed E-state index contributed by atoms with van der Waals surface area (Å²) in [5.41, 5.74) is 11.5. The topological polar surface area (TPSA) is 86.0 Å². The van der Waals surface area contributed by atoms with E-state index in [-0.39, 0.29) is 16.2 Å². The number of fused-ring (bicyclic) bond motifs is 1. The number of nitriles is 2. The Morgan fingerprint density at radius 2 is 0.969 bits per heavy atom. The van der Waals surface area contributed by atoms with Crippen LogP contribution in [0.4, 0.5) is 8.78 Å². The van der Waals surface area contributed by atoms with Crippen LogP contribution in [-0.2, 0) is 0 Å². The highest BCUT2D eigenvalue weighted by molar-refractivity contribution is 7.11. The molecule has 0 radical (unpaired) electrons. The Morgan fingerprint density at radius 1 is 0.562 bits per heavy atom. The Labute approximate surface area is 378 Å². The van der Waals surface area contributed by atoms with Gasteiger partial charge in [-0.2, -0.15) is 10.5 Å². The smallest absolute Gasteiger partial charge is 0.204 e. The van der Waals surface area contributed by atoms with Crippen LogP contribution in [0.2, 0.25) is 10.1 Å². The minimum absolute atomic E-state index is 0.0512. The van der Waals surface area contributed by atoms with E-state index in [0.717, 1.165) is 25.9 Å². The van der Waals surface area contributed by atoms with Crippen LogP contribution in [0.3, 0.4) is 0 Å². The molecule has 0 bridgehead atoms. The second-order valence-electron chi connectivity index (χ2n) is 18.7. The van der Waals surface area contributed by atoms with Crippen molar-refractivity contribution < 1.29 is 8.78 Å². The monoisotopic (exact) mass is 872 g/mol. The van der Waals surface area contributed by atoms with E-state index in [1.54, 1.807) is 36.4 Å². The molecule has 0 amide bonds. The zero-order valence-electron chi connectivity index (χ0n) is 37.0. The third-order valence-corrected chi connectivity index (χ3v) is 24.4. The van der Waals surface area contributed by atoms with Gasteiger partial charge in [0.15, 0.2) is 13.5 Å². The molecule has 0 unspecified atom stereocenters. The zero-order chi connectivity index (χ0) is 45.5. The molecule has 0 spiro atoms. The predicted octanol–water partition coefficient (Wildman–Crippen LogP) is 10.0. The maximum Gasteiger partial charge on any atom is 0.204 e. The van der Waals surface area contributed by atoms with E-state index in [0.29, 0.717) is 22.6 Å². The van der Waals surface area contributed by atoms with E-state index in [1.165, 1.54) is 12.1 Å². The number of allylic oxidation sites excluding steroid dienone is 3. The van der Waals surface area contributed by atoms with E-state index < -0.39 is 50.2 Å². The standard InChI is InChI=1S/C56H50F2N4Si2/c1-54(2,3)63(39-23-11-7-12-24-39,40-25-13-8-14-26-40)36-35-45-51-48(50(61)52(45)64(55(4,5)6,41-27-15-9-16-28-41)42-29-17-10-18-30-42)49(43-31-19-21-33-46(43)57)56(37-59,38-60)53(62-51)44-32-20-22-34-47(44)58/h7-34,49,53H,61H2,1-6H3/t49-,53+/m1/s1. The summed E-state index contributed by atoms with van der Waals surface area (Å²) in [5, 5.41) is 27.2. The quantitative estimate of drug-likeness (QED) is 0.128. The van der Waals surface area contributed by atoms with E-state index >= 15 is 8.78 Å². The van der Waals surface area contributed by atoms with Crippen LogP contribution in [-0.4, -0.2) is 21.9 Å². The van der Waals surface area contributed by atoms with Crippen LogP contribution in [0.1, 0.15) is 64.6 Å². The molecule has 0 saturated carbocycles. The number of hydrogen-bond donors (Lipinski definition) is 1. The van der Waals surface area contributed by atoms with Gasteiger partial charge in [0.1, 0.15) is 17.7 Å². The zero-order valence-corrected chi connectivity index (χ0v) is 39.0. The van der Waals surface area contributed by atoms with E-state index in [4.69, 9.17) is 10.7 Å². The molecule has 64 heavy (non-hydrogen) atoms. The molecule has 6 aromatic carbocycles. The van der Waals surface area contributed by atoms with Crippen molar-refractivity contribution in [3.63, 3.8) is 0 Å². The van der Waals surface area contributed by atoms with Crippen molar-refractivity contribution >= 4 is 42.6 Å². The fraction of sp³-hybridized carbons (Fsp3) is 0.196. The van der Waals surface area contributed by atoms with Gasteiger partial charge in [-0.3, -0.25) is 4.99 Å². The number of nitrogens with two attached hydrogens (primary N) is 1. The third kappa shape index (κ3) is 6.70. The fourth-order valence-electron chi connectivity index (χ4n) is 10.6. The largest absolute Gasteiger partial charge is 0.398 e. The summed E-state index contributed by atoms with van der Waals surface area (Å²) < 4.78 is 33.1. The van der Waals surface area contributed by atoms with Crippen molar-refractivity contribution in [1.29, 1.82) is 10.5 Å². The summed E-state index contributed by atoms with van der Waals surface area (Å²) in [5.74, 6) is 1.34. The Balaban J connectivity index is 1.63. The molecule has 1 heterocycles. The average molecular weight is 873 g/mol. The molecule has 4 nitrogen and oxygen atoms in total. The molecule has 0 aromatic heterocycles. The second-order valence-corrected chi connectivity index (χ2v) is 27.8. The molecule has 1 aliphatic heterocycles. The number of halogens is 2. The molecule has 0 fully saturated rings. The first-order chi connectivity index (χ1) is 30.7. The van der Waals surface area contributed by atoms with Gasteiger partial charge in [-0.1, -0.05) is 205 Å². The maximum absolute atomic E-state index is 16.7. The molecule has 2 atom stereocenters. The van der Waals surface area contributed by atoms with E-state index in [2.05, 4.69) is 138 Å². The summed E-state index contributed by atoms with van der Waals surface area (Å²) in [6.45, 7) is 13.4. The molecule has 1 aliphatic carbocycles. The van der Waals surface area contributed by atoms with Crippen molar-refractivity contribution in [2.45, 2.75) is 63.6 Å². The number of hydrogen-bond acceptors (Lipinski definition) is 4. The lowest BCUT2D eigenvalue weighted by atomic mass is 9.61. The summed E-state index contributed by atoms with van der Waals surface area (Å²) in [6.07, 6.45) is 0. The first-order valence-corrected chi connectivity index (χ1v) is 25.6. The van der Waals surface area contributed by atoms with Crippen LogP contribution in [0.25, 0.3) is 0 Å². The van der Waals surface area contributed by atoms with Crippen molar-refractivity contribution in [3.8, 4) is 23.6 Å². The SMILES string of the molecule is CC(C)(C)[Si](C#CC1=C([Si](c2ccccc2)(c2ccccc2)C(C)(C)C)C(N)=C2C1=N[C@@H](c1ccccc1F)C(C#N)(C#N)[C@@H]2c1ccccc1F)(c1ccccc1)c1ccccc1. The van der Waals surface area contributed by atoms with Crippen molar-refractivity contribution in [2.24, 2.45) is 16.1 Å². The van der Waals surface area contributed by atoms with Gasteiger partial charge in [0.2, 0.25) is 8.07 Å². The number of nitrogens with zero attached hydrogens (tertiary/aromatic N) is 3. The molecule has 2 N–H and O–H groups in total. The lowest BCUT2D eigenvalue weighted by Gasteiger charge is -2.46. The van der Waals surface area contributed by atoms with Crippen LogP contribution >= 0.6 is 0 Å². The highest BCUT2D eigenvalue weighted by atomic mass is 28.3. The van der Waals surface area contributed by atoms with Gasteiger partial charge in [0.25, 0.3) is 0 Å². The molecule has 8 heteroatoms. The van der Waals surface area contributed by atoms with Gasteiger partial charge in [-0.25, -0.2) is 8.78 Å². The average Bonchev–Trinajstić information content (AvgIpc) is 3.57. The first kappa shape index (κ1) is 43.7. The van der Waals surface area contributed by atoms with Crippen molar-refractivity contribution in [1.82, 2.24) is 0 Å². The second kappa shape index (κ2) is 16.7. The summed E-state index contributed by atoms with van der Waals surface area (Å²) in [4.78, 5) is 5.40. The highest BCUT2D eigenvalue weighted by Crippen LogP contribution is 2.59. The summed E-state index contributed by atoms with van der Waals surface area (Å²) in [6, 6.07) is 57.1. The molecule has 316 valence electrons. The van der Waals surface area contributed by atoms with Gasteiger partial charge in [-0.15, -0.1) is 5.54 Å². The van der Waals surface area contributed by atoms with Crippen LogP contribution in [0, 0.1) is 51.2 Å². The predicted molar refractivity (Wildman–Crippen MR) is 261 cm³/mol. The Morgan fingerprint density at radius 3 is 1.38 bits per heavy atom. The van der Waals surface area contributed by atoms with Crippen LogP contribution in [0.5, 0.6) is 0 Å². The van der Waals surface area contributed by atoms with Crippen LogP contribution in [0.15, 0.2) is 197 Å². The Kier molecular flexibility index (Phi) is 11.4. The fourth-order valence-corrected chi connectivity index (χ4v) is 20.9. The minimum Gasteiger partial charge on any atom is -0.398 e. The lowest BCUT2D eigenvalue weighted by molar-refractivity contribution is 0.347. The Hall–Kier alpha value is -6.90. The van der Waals surface area contributed by atoms with Gasteiger partial charge in [0.05, 0.1) is 29.3 Å². The lowest BCUT2D eigenvalue weighted by Crippen LogP contribution is -2.66. The number of benzene rings is 6. The van der Waals surface area contributed by atoms with Gasteiger partial charge in [0, 0.05) is 16.8 Å². The van der Waals surface area contributed by atoms with Crippen molar-refractivity contribution in [2.75, 3.05) is 0 Å². The normalized spacial score (nSPS) is 17.4. The molecular weight excluding hydrogens is 823 g/mol. The number of rotatable bonds is 7. The van der Waals surface area contributed by atoms with E-state index in [1.807, 2.05) is 48.5 Å². The number of aliphatic imine (C=N–C) groups is 1. The molecule has 8 rings (SSSR count). The molecular formula is C56H50F2N4Si2. The van der Waals surface area contributed by atoms with E-state index in [9.17, 15) is 10.5 Å². The summed E-state index contributed by atoms with van der Waals surface area (Å²) >= 11 is 0. The molecule has 0 saturated heterocycles. The molecule has 6 aromatic rings. The third-order valence-electron chi connectivity index (χ3n) is 13.3. The van der Waals surface area contributed by atoms with Crippen LogP contribution < -0.4 is 26.5 Å². The molecule has 2 aliphatic rings. The first-order valence-electron chi connectivity index (χ1n) is 21.6. The van der Waals surface area contributed by atoms with Gasteiger partial charge >= 0.3 is 0 Å². The van der Waals surface area contributed by atoms with Gasteiger partial charge in [-0.05, 0) is 53.7 Å². The van der Waals surface area contributed by atoms with Crippen molar-refractivity contribution in [3.05, 3.63) is 215 Å². The summed E-state index contributed by atoms with van der Waals surface area (Å²) in [7, 11) is -6.59. The minimum atomic E-state index is -3.46. The Bertz CT molecular complexity index is 2880. The highest BCUT2D eigenvalue weighted by Gasteiger charge is 2.61.